The molecule has 0 spiro atoms. The normalized spacial score (nSPS) is 11.9. The van der Waals surface area contributed by atoms with Crippen molar-refractivity contribution in [2.24, 2.45) is 0 Å². The molecule has 6 heteroatoms. The minimum absolute atomic E-state index is 0.000245. The van der Waals surface area contributed by atoms with Crippen molar-refractivity contribution in [1.82, 2.24) is 9.88 Å². The minimum atomic E-state index is -0.241. The Morgan fingerprint density at radius 1 is 1.19 bits per heavy atom. The smallest absolute Gasteiger partial charge is 0.254 e. The fourth-order valence-electron chi connectivity index (χ4n) is 2.74. The molecular weight excluding hydrogens is 346 g/mol. The summed E-state index contributed by atoms with van der Waals surface area (Å²) < 4.78 is 0. The van der Waals surface area contributed by atoms with Gasteiger partial charge in [0.25, 0.3) is 5.91 Å². The highest BCUT2D eigenvalue weighted by atomic mass is 32.1. The van der Waals surface area contributed by atoms with E-state index in [0.29, 0.717) is 10.7 Å². The van der Waals surface area contributed by atoms with Crippen LogP contribution in [0.15, 0.2) is 54.0 Å². The van der Waals surface area contributed by atoms with Crippen LogP contribution >= 0.6 is 11.3 Å². The van der Waals surface area contributed by atoms with E-state index in [1.807, 2.05) is 56.3 Å². The number of aromatic nitrogens is 1. The molecule has 0 aliphatic rings. The van der Waals surface area contributed by atoms with E-state index in [2.05, 4.69) is 10.3 Å². The Kier molecular flexibility index (Phi) is 5.63. The van der Waals surface area contributed by atoms with E-state index in [0.717, 1.165) is 17.2 Å². The first-order chi connectivity index (χ1) is 12.6. The van der Waals surface area contributed by atoms with E-state index in [4.69, 9.17) is 0 Å². The summed E-state index contributed by atoms with van der Waals surface area (Å²) in [6.45, 7) is 3.96. The highest BCUT2D eigenvalue weighted by Gasteiger charge is 2.23. The number of nitrogens with zero attached hydrogens (tertiary/aromatic N) is 2. The lowest BCUT2D eigenvalue weighted by Gasteiger charge is -2.28. The van der Waals surface area contributed by atoms with E-state index in [-0.39, 0.29) is 24.4 Å². The zero-order valence-electron chi connectivity index (χ0n) is 14.8. The lowest BCUT2D eigenvalue weighted by molar-refractivity contribution is -0.117. The van der Waals surface area contributed by atoms with Crippen molar-refractivity contribution in [1.29, 1.82) is 0 Å². The van der Waals surface area contributed by atoms with E-state index in [9.17, 15) is 9.59 Å². The Hall–Kier alpha value is -2.73. The van der Waals surface area contributed by atoms with Gasteiger partial charge in [-0.3, -0.25) is 9.59 Å². The van der Waals surface area contributed by atoms with Crippen molar-refractivity contribution in [2.45, 2.75) is 26.3 Å². The molecule has 0 radical (unpaired) electrons. The SMILES string of the molecule is CC[C@H](C)N(CC(=O)Nc1nccs1)C(=O)c1ccc2ccccc2c1. The third kappa shape index (κ3) is 4.08. The molecule has 1 N–H and O–H groups in total. The maximum atomic E-state index is 13.1. The number of nitrogens with one attached hydrogen (secondary N) is 1. The van der Waals surface area contributed by atoms with Gasteiger partial charge < -0.3 is 10.2 Å². The molecule has 0 aliphatic heterocycles. The van der Waals surface area contributed by atoms with Crippen molar-refractivity contribution in [3.8, 4) is 0 Å². The van der Waals surface area contributed by atoms with Gasteiger partial charge in [-0.1, -0.05) is 37.3 Å². The van der Waals surface area contributed by atoms with Crippen molar-refractivity contribution >= 4 is 39.1 Å². The zero-order chi connectivity index (χ0) is 18.5. The lowest BCUT2D eigenvalue weighted by Crippen LogP contribution is -2.43. The number of fused-ring (bicyclic) bond motifs is 1. The van der Waals surface area contributed by atoms with E-state index in [1.165, 1.54) is 11.3 Å². The fraction of sp³-hybridized carbons (Fsp3) is 0.250. The van der Waals surface area contributed by atoms with Gasteiger partial charge in [-0.25, -0.2) is 4.98 Å². The first-order valence-electron chi connectivity index (χ1n) is 8.57. The third-order valence-electron chi connectivity index (χ3n) is 4.37. The van der Waals surface area contributed by atoms with E-state index < -0.39 is 0 Å². The van der Waals surface area contributed by atoms with Gasteiger partial charge in [0.1, 0.15) is 6.54 Å². The predicted octanol–water partition coefficient (Wildman–Crippen LogP) is 4.18. The monoisotopic (exact) mass is 367 g/mol. The van der Waals surface area contributed by atoms with Crippen molar-refractivity contribution in [2.75, 3.05) is 11.9 Å². The van der Waals surface area contributed by atoms with Crippen LogP contribution in [0.1, 0.15) is 30.6 Å². The van der Waals surface area contributed by atoms with Gasteiger partial charge in [0.05, 0.1) is 0 Å². The first kappa shape index (κ1) is 18.1. The van der Waals surface area contributed by atoms with Crippen LogP contribution < -0.4 is 5.32 Å². The molecule has 3 rings (SSSR count). The van der Waals surface area contributed by atoms with Gasteiger partial charge in [-0.2, -0.15) is 0 Å². The quantitative estimate of drug-likeness (QED) is 0.711. The minimum Gasteiger partial charge on any atom is -0.327 e. The molecule has 0 bridgehead atoms. The summed E-state index contributed by atoms with van der Waals surface area (Å²) in [6, 6.07) is 13.5. The molecule has 2 amide bonds. The van der Waals surface area contributed by atoms with Crippen LogP contribution in [0.5, 0.6) is 0 Å². The van der Waals surface area contributed by atoms with Crippen molar-refractivity contribution in [3.63, 3.8) is 0 Å². The van der Waals surface area contributed by atoms with E-state index >= 15 is 0 Å². The molecule has 1 aromatic heterocycles. The van der Waals surface area contributed by atoms with Gasteiger partial charge in [0.2, 0.25) is 5.91 Å². The number of anilines is 1. The standard InChI is InChI=1S/C20H21N3O2S/c1-3-14(2)23(13-18(24)22-20-21-10-11-26-20)19(25)17-9-8-15-6-4-5-7-16(15)12-17/h4-12,14H,3,13H2,1-2H3,(H,21,22,24)/t14-/m0/s1. The lowest BCUT2D eigenvalue weighted by atomic mass is 10.1. The number of amides is 2. The van der Waals surface area contributed by atoms with Crippen LogP contribution in [-0.2, 0) is 4.79 Å². The Bertz CT molecular complexity index is 908. The number of hydrogen-bond donors (Lipinski definition) is 1. The fourth-order valence-corrected chi connectivity index (χ4v) is 3.28. The molecule has 1 heterocycles. The molecule has 3 aromatic rings. The molecule has 5 nitrogen and oxygen atoms in total. The van der Waals surface area contributed by atoms with E-state index in [1.54, 1.807) is 16.5 Å². The Morgan fingerprint density at radius 3 is 2.65 bits per heavy atom. The largest absolute Gasteiger partial charge is 0.327 e. The number of carbonyl (C=O) groups excluding carboxylic acids is 2. The molecule has 134 valence electrons. The summed E-state index contributed by atoms with van der Waals surface area (Å²) in [5.41, 5.74) is 0.589. The van der Waals surface area contributed by atoms with Crippen molar-refractivity contribution in [3.05, 3.63) is 59.6 Å². The second kappa shape index (κ2) is 8.10. The summed E-state index contributed by atoms with van der Waals surface area (Å²) in [7, 11) is 0. The predicted molar refractivity (Wildman–Crippen MR) is 105 cm³/mol. The number of benzene rings is 2. The summed E-state index contributed by atoms with van der Waals surface area (Å²) in [5, 5.41) is 7.17. The molecule has 0 unspecified atom stereocenters. The Labute approximate surface area is 156 Å². The highest BCUT2D eigenvalue weighted by molar-refractivity contribution is 7.13. The molecule has 0 saturated heterocycles. The highest BCUT2D eigenvalue weighted by Crippen LogP contribution is 2.19. The molecule has 2 aromatic carbocycles. The molecule has 0 aliphatic carbocycles. The van der Waals surface area contributed by atoms with Crippen LogP contribution in [0.2, 0.25) is 0 Å². The summed E-state index contributed by atoms with van der Waals surface area (Å²) in [5.74, 6) is -0.381. The number of thiazole rings is 1. The van der Waals surface area contributed by atoms with Crippen LogP contribution in [0.3, 0.4) is 0 Å². The summed E-state index contributed by atoms with van der Waals surface area (Å²) in [4.78, 5) is 31.1. The van der Waals surface area contributed by atoms with Gasteiger partial charge >= 0.3 is 0 Å². The summed E-state index contributed by atoms with van der Waals surface area (Å²) >= 11 is 1.35. The third-order valence-corrected chi connectivity index (χ3v) is 5.06. The molecule has 0 fully saturated rings. The molecule has 0 saturated carbocycles. The van der Waals surface area contributed by atoms with Gasteiger partial charge in [0, 0.05) is 23.2 Å². The molecular formula is C20H21N3O2S. The average molecular weight is 367 g/mol. The number of hydrogen-bond acceptors (Lipinski definition) is 4. The van der Waals surface area contributed by atoms with Crippen LogP contribution in [-0.4, -0.2) is 34.3 Å². The van der Waals surface area contributed by atoms with Gasteiger partial charge in [0.15, 0.2) is 5.13 Å². The maximum absolute atomic E-state index is 13.1. The van der Waals surface area contributed by atoms with Crippen LogP contribution in [0.4, 0.5) is 5.13 Å². The van der Waals surface area contributed by atoms with Gasteiger partial charge in [-0.05, 0) is 36.2 Å². The molecule has 1 atom stereocenters. The second-order valence-corrected chi connectivity index (χ2v) is 7.03. The molecule has 26 heavy (non-hydrogen) atoms. The second-order valence-electron chi connectivity index (χ2n) is 6.14. The van der Waals surface area contributed by atoms with Crippen LogP contribution in [0.25, 0.3) is 10.8 Å². The Morgan fingerprint density at radius 2 is 1.96 bits per heavy atom. The summed E-state index contributed by atoms with van der Waals surface area (Å²) in [6.07, 6.45) is 2.40. The van der Waals surface area contributed by atoms with Crippen molar-refractivity contribution < 1.29 is 9.59 Å². The average Bonchev–Trinajstić information content (AvgIpc) is 3.17. The number of rotatable bonds is 6. The Balaban J connectivity index is 1.81. The zero-order valence-corrected chi connectivity index (χ0v) is 15.6. The van der Waals surface area contributed by atoms with Crippen LogP contribution in [0, 0.1) is 0 Å². The van der Waals surface area contributed by atoms with Gasteiger partial charge in [-0.15, -0.1) is 11.3 Å². The number of carbonyl (C=O) groups is 2. The maximum Gasteiger partial charge on any atom is 0.254 e. The first-order valence-corrected chi connectivity index (χ1v) is 9.45. The topological polar surface area (TPSA) is 62.3 Å².